The molecule has 0 saturated carbocycles. The van der Waals surface area contributed by atoms with E-state index in [0.717, 1.165) is 33.7 Å². The van der Waals surface area contributed by atoms with E-state index in [9.17, 15) is 4.79 Å². The van der Waals surface area contributed by atoms with E-state index in [1.54, 1.807) is 0 Å². The average molecular weight is 259 g/mol. The molecule has 1 aromatic carbocycles. The summed E-state index contributed by atoms with van der Waals surface area (Å²) in [6, 6.07) is 5.93. The number of nitrogens with two attached hydrogens (primary N) is 1. The molecule has 1 amide bonds. The number of nitrogen functional groups attached to an aromatic ring is 1. The van der Waals surface area contributed by atoms with E-state index in [1.165, 1.54) is 11.3 Å². The van der Waals surface area contributed by atoms with E-state index < -0.39 is 0 Å². The lowest BCUT2D eigenvalue weighted by Crippen LogP contribution is -2.31. The fourth-order valence-electron chi connectivity index (χ4n) is 2.24. The van der Waals surface area contributed by atoms with Gasteiger partial charge in [-0.1, -0.05) is 12.1 Å². The van der Waals surface area contributed by atoms with Crippen LogP contribution in [0.4, 0.5) is 5.13 Å². The summed E-state index contributed by atoms with van der Waals surface area (Å²) in [6.45, 7) is 2.71. The summed E-state index contributed by atoms with van der Waals surface area (Å²) >= 11 is 1.47. The summed E-state index contributed by atoms with van der Waals surface area (Å²) in [5, 5.41) is 3.42. The van der Waals surface area contributed by atoms with Crippen molar-refractivity contribution in [1.82, 2.24) is 10.3 Å². The first-order chi connectivity index (χ1) is 8.65. The number of rotatable bonds is 1. The number of hydrogen-bond acceptors (Lipinski definition) is 4. The van der Waals surface area contributed by atoms with Gasteiger partial charge >= 0.3 is 0 Å². The second-order valence-electron chi connectivity index (χ2n) is 4.33. The summed E-state index contributed by atoms with van der Waals surface area (Å²) in [6.07, 6.45) is 0.888. The predicted octanol–water partition coefficient (Wildman–Crippen LogP) is 1.99. The van der Waals surface area contributed by atoms with Crippen molar-refractivity contribution in [2.45, 2.75) is 13.3 Å². The minimum absolute atomic E-state index is 0.000968. The third-order valence-electron chi connectivity index (χ3n) is 3.12. The van der Waals surface area contributed by atoms with Crippen LogP contribution < -0.4 is 11.1 Å². The largest absolute Gasteiger partial charge is 0.375 e. The molecule has 2 aromatic rings. The van der Waals surface area contributed by atoms with Crippen molar-refractivity contribution in [2.75, 3.05) is 12.3 Å². The molecular weight excluding hydrogens is 246 g/mol. The van der Waals surface area contributed by atoms with Gasteiger partial charge < -0.3 is 11.1 Å². The molecule has 0 atom stereocenters. The first-order valence-corrected chi connectivity index (χ1v) is 6.61. The van der Waals surface area contributed by atoms with Crippen LogP contribution in [0.2, 0.25) is 0 Å². The molecule has 0 unspecified atom stereocenters. The van der Waals surface area contributed by atoms with E-state index in [4.69, 9.17) is 5.73 Å². The number of nitrogens with zero attached hydrogens (tertiary/aromatic N) is 1. The van der Waals surface area contributed by atoms with Crippen LogP contribution in [0.3, 0.4) is 0 Å². The summed E-state index contributed by atoms with van der Waals surface area (Å²) in [5.41, 5.74) is 9.39. The van der Waals surface area contributed by atoms with Gasteiger partial charge in [0, 0.05) is 22.5 Å². The Balaban J connectivity index is 2.12. The van der Waals surface area contributed by atoms with Crippen LogP contribution in [0.1, 0.15) is 20.8 Å². The number of nitrogens with one attached hydrogen (secondary N) is 1. The summed E-state index contributed by atoms with van der Waals surface area (Å²) in [5.74, 6) is -0.000968. The van der Waals surface area contributed by atoms with Crippen molar-refractivity contribution in [3.63, 3.8) is 0 Å². The molecule has 1 aliphatic heterocycles. The van der Waals surface area contributed by atoms with E-state index in [-0.39, 0.29) is 5.91 Å². The lowest BCUT2D eigenvalue weighted by Gasteiger charge is -2.16. The van der Waals surface area contributed by atoms with Gasteiger partial charge in [-0.2, -0.15) is 0 Å². The van der Waals surface area contributed by atoms with Crippen molar-refractivity contribution in [2.24, 2.45) is 0 Å². The Morgan fingerprint density at radius 1 is 1.44 bits per heavy atom. The number of carbonyl (C=O) groups is 1. The topological polar surface area (TPSA) is 68.0 Å². The van der Waals surface area contributed by atoms with Gasteiger partial charge in [-0.05, 0) is 25.0 Å². The Kier molecular flexibility index (Phi) is 2.56. The lowest BCUT2D eigenvalue weighted by molar-refractivity contribution is 0.0946. The molecule has 3 N–H and O–H groups in total. The Morgan fingerprint density at radius 3 is 3.00 bits per heavy atom. The molecule has 0 fully saturated rings. The highest BCUT2D eigenvalue weighted by atomic mass is 32.1. The molecule has 5 heteroatoms. The van der Waals surface area contributed by atoms with Crippen LogP contribution in [0.15, 0.2) is 18.2 Å². The van der Waals surface area contributed by atoms with E-state index in [1.807, 2.05) is 25.1 Å². The number of thiazole rings is 1. The molecule has 4 nitrogen and oxygen atoms in total. The molecule has 1 aromatic heterocycles. The van der Waals surface area contributed by atoms with Gasteiger partial charge in [-0.15, -0.1) is 11.3 Å². The summed E-state index contributed by atoms with van der Waals surface area (Å²) in [4.78, 5) is 17.2. The smallest absolute Gasteiger partial charge is 0.251 e. The van der Waals surface area contributed by atoms with Crippen LogP contribution in [0.25, 0.3) is 11.3 Å². The fraction of sp³-hybridized carbons (Fsp3) is 0.231. The van der Waals surface area contributed by atoms with E-state index in [2.05, 4.69) is 10.3 Å². The molecule has 0 saturated heterocycles. The van der Waals surface area contributed by atoms with Crippen molar-refractivity contribution >= 4 is 22.4 Å². The molecule has 18 heavy (non-hydrogen) atoms. The Hall–Kier alpha value is -1.88. The van der Waals surface area contributed by atoms with Gasteiger partial charge in [0.25, 0.3) is 5.91 Å². The van der Waals surface area contributed by atoms with Gasteiger partial charge in [-0.25, -0.2) is 4.98 Å². The van der Waals surface area contributed by atoms with Gasteiger partial charge in [0.1, 0.15) is 0 Å². The van der Waals surface area contributed by atoms with Gasteiger partial charge in [0.2, 0.25) is 0 Å². The molecule has 2 heterocycles. The quantitative estimate of drug-likeness (QED) is 0.823. The third kappa shape index (κ3) is 1.76. The maximum atomic E-state index is 11.8. The minimum atomic E-state index is -0.000968. The first-order valence-electron chi connectivity index (χ1n) is 5.79. The van der Waals surface area contributed by atoms with Crippen LogP contribution in [-0.2, 0) is 6.42 Å². The molecular formula is C13H13N3OS. The standard InChI is InChI=1S/C13H13N3OS/c1-7-11(16-13(14)18-7)9-3-2-8-4-5-15-12(17)10(8)6-9/h2-3,6H,4-5H2,1H3,(H2,14,16)(H,15,17). The SMILES string of the molecule is Cc1sc(N)nc1-c1ccc2c(c1)C(=O)NCC2. The molecule has 92 valence electrons. The molecule has 0 radical (unpaired) electrons. The van der Waals surface area contributed by atoms with Gasteiger partial charge in [-0.3, -0.25) is 4.79 Å². The first kappa shape index (κ1) is 11.2. The zero-order valence-electron chi connectivity index (χ0n) is 9.99. The number of benzene rings is 1. The summed E-state index contributed by atoms with van der Waals surface area (Å²) < 4.78 is 0. The zero-order chi connectivity index (χ0) is 12.7. The average Bonchev–Trinajstić information content (AvgIpc) is 2.69. The van der Waals surface area contributed by atoms with Crippen LogP contribution in [0, 0.1) is 6.92 Å². The zero-order valence-corrected chi connectivity index (χ0v) is 10.8. The highest BCUT2D eigenvalue weighted by Crippen LogP contribution is 2.30. The molecule has 3 rings (SSSR count). The number of amides is 1. The van der Waals surface area contributed by atoms with Crippen LogP contribution in [0.5, 0.6) is 0 Å². The number of aromatic nitrogens is 1. The van der Waals surface area contributed by atoms with Gasteiger partial charge in [0.15, 0.2) is 5.13 Å². The van der Waals surface area contributed by atoms with E-state index >= 15 is 0 Å². The third-order valence-corrected chi connectivity index (χ3v) is 3.92. The van der Waals surface area contributed by atoms with Crippen LogP contribution in [-0.4, -0.2) is 17.4 Å². The Labute approximate surface area is 109 Å². The Bertz CT molecular complexity index is 633. The number of aryl methyl sites for hydroxylation is 1. The molecule has 0 spiro atoms. The second kappa shape index (κ2) is 4.10. The number of anilines is 1. The molecule has 0 aliphatic carbocycles. The highest BCUT2D eigenvalue weighted by Gasteiger charge is 2.18. The number of fused-ring (bicyclic) bond motifs is 1. The Morgan fingerprint density at radius 2 is 2.28 bits per heavy atom. The van der Waals surface area contributed by atoms with Crippen molar-refractivity contribution < 1.29 is 4.79 Å². The van der Waals surface area contributed by atoms with Crippen molar-refractivity contribution in [1.29, 1.82) is 0 Å². The number of carbonyl (C=O) groups excluding carboxylic acids is 1. The van der Waals surface area contributed by atoms with Crippen molar-refractivity contribution in [3.8, 4) is 11.3 Å². The van der Waals surface area contributed by atoms with E-state index in [0.29, 0.717) is 11.7 Å². The minimum Gasteiger partial charge on any atom is -0.375 e. The maximum absolute atomic E-state index is 11.8. The maximum Gasteiger partial charge on any atom is 0.251 e. The normalized spacial score (nSPS) is 14.2. The lowest BCUT2D eigenvalue weighted by atomic mass is 9.97. The summed E-state index contributed by atoms with van der Waals surface area (Å²) in [7, 11) is 0. The van der Waals surface area contributed by atoms with Crippen molar-refractivity contribution in [3.05, 3.63) is 34.2 Å². The second-order valence-corrected chi connectivity index (χ2v) is 5.57. The highest BCUT2D eigenvalue weighted by molar-refractivity contribution is 7.15. The van der Waals surface area contributed by atoms with Crippen LogP contribution >= 0.6 is 11.3 Å². The fourth-order valence-corrected chi connectivity index (χ4v) is 2.95. The number of hydrogen-bond donors (Lipinski definition) is 2. The predicted molar refractivity (Wildman–Crippen MR) is 72.7 cm³/mol. The molecule has 1 aliphatic rings. The molecule has 0 bridgehead atoms. The monoisotopic (exact) mass is 259 g/mol. The van der Waals surface area contributed by atoms with Gasteiger partial charge in [0.05, 0.1) is 5.69 Å².